The van der Waals surface area contributed by atoms with Crippen LogP contribution in [0.25, 0.3) is 0 Å². The van der Waals surface area contributed by atoms with Crippen LogP contribution in [0.1, 0.15) is 47.5 Å². The minimum absolute atomic E-state index is 0.507. The highest BCUT2D eigenvalue weighted by molar-refractivity contribution is 4.68. The first-order chi connectivity index (χ1) is 8.51. The standard InChI is InChI=1S/C15H34N2O/c1-7-17(15(5)12-18-6)11-10-16-14(4)9-8-13(2)3/h13-16H,7-12H2,1-6H3. The fourth-order valence-corrected chi connectivity index (χ4v) is 2.18. The van der Waals surface area contributed by atoms with Crippen molar-refractivity contribution in [3.05, 3.63) is 0 Å². The molecule has 0 fully saturated rings. The fourth-order valence-electron chi connectivity index (χ4n) is 2.18. The van der Waals surface area contributed by atoms with Gasteiger partial charge in [-0.25, -0.2) is 0 Å². The molecule has 2 atom stereocenters. The lowest BCUT2D eigenvalue weighted by atomic mass is 10.0. The average molecular weight is 258 g/mol. The summed E-state index contributed by atoms with van der Waals surface area (Å²) in [5.41, 5.74) is 0. The predicted molar refractivity (Wildman–Crippen MR) is 80.1 cm³/mol. The number of methoxy groups -OCH3 is 1. The molecule has 0 rings (SSSR count). The largest absolute Gasteiger partial charge is 0.383 e. The van der Waals surface area contributed by atoms with Crippen molar-refractivity contribution in [3.8, 4) is 0 Å². The van der Waals surface area contributed by atoms with Crippen molar-refractivity contribution < 1.29 is 4.74 Å². The van der Waals surface area contributed by atoms with Gasteiger partial charge >= 0.3 is 0 Å². The number of likely N-dealkylation sites (N-methyl/N-ethyl adjacent to an activating group) is 1. The Balaban J connectivity index is 3.72. The van der Waals surface area contributed by atoms with Gasteiger partial charge in [0.15, 0.2) is 0 Å². The maximum atomic E-state index is 5.22. The number of rotatable bonds is 11. The molecule has 3 heteroatoms. The predicted octanol–water partition coefficient (Wildman–Crippen LogP) is 2.76. The number of nitrogens with zero attached hydrogens (tertiary/aromatic N) is 1. The molecule has 0 bridgehead atoms. The summed E-state index contributed by atoms with van der Waals surface area (Å²) in [6.45, 7) is 15.4. The Morgan fingerprint density at radius 1 is 1.11 bits per heavy atom. The Morgan fingerprint density at radius 3 is 2.28 bits per heavy atom. The van der Waals surface area contributed by atoms with Gasteiger partial charge in [-0.3, -0.25) is 4.90 Å². The van der Waals surface area contributed by atoms with E-state index >= 15 is 0 Å². The van der Waals surface area contributed by atoms with E-state index < -0.39 is 0 Å². The zero-order valence-electron chi connectivity index (χ0n) is 13.3. The monoisotopic (exact) mass is 258 g/mol. The first kappa shape index (κ1) is 17.9. The van der Waals surface area contributed by atoms with Gasteiger partial charge in [0.25, 0.3) is 0 Å². The molecule has 0 amide bonds. The summed E-state index contributed by atoms with van der Waals surface area (Å²) in [6, 6.07) is 1.14. The van der Waals surface area contributed by atoms with Gasteiger partial charge in [-0.2, -0.15) is 0 Å². The van der Waals surface area contributed by atoms with Crippen molar-refractivity contribution in [2.24, 2.45) is 5.92 Å². The number of ether oxygens (including phenoxy) is 1. The number of nitrogens with one attached hydrogen (secondary N) is 1. The van der Waals surface area contributed by atoms with Crippen molar-refractivity contribution >= 4 is 0 Å². The third-order valence-corrected chi connectivity index (χ3v) is 3.51. The number of hydrogen-bond acceptors (Lipinski definition) is 3. The first-order valence-electron chi connectivity index (χ1n) is 7.47. The Morgan fingerprint density at radius 2 is 1.78 bits per heavy atom. The second-order valence-corrected chi connectivity index (χ2v) is 5.76. The first-order valence-corrected chi connectivity index (χ1v) is 7.47. The second-order valence-electron chi connectivity index (χ2n) is 5.76. The second kappa shape index (κ2) is 10.8. The normalized spacial score (nSPS) is 15.3. The summed E-state index contributed by atoms with van der Waals surface area (Å²) in [6.07, 6.45) is 2.59. The van der Waals surface area contributed by atoms with E-state index in [1.807, 2.05) is 0 Å². The summed E-state index contributed by atoms with van der Waals surface area (Å²) in [7, 11) is 1.77. The maximum Gasteiger partial charge on any atom is 0.0615 e. The average Bonchev–Trinajstić information content (AvgIpc) is 2.32. The van der Waals surface area contributed by atoms with E-state index in [0.29, 0.717) is 12.1 Å². The third-order valence-electron chi connectivity index (χ3n) is 3.51. The molecule has 0 aliphatic heterocycles. The van der Waals surface area contributed by atoms with Gasteiger partial charge in [0, 0.05) is 32.3 Å². The van der Waals surface area contributed by atoms with Crippen LogP contribution in [-0.4, -0.2) is 50.3 Å². The van der Waals surface area contributed by atoms with E-state index in [9.17, 15) is 0 Å². The van der Waals surface area contributed by atoms with Crippen LogP contribution in [-0.2, 0) is 4.74 Å². The summed E-state index contributed by atoms with van der Waals surface area (Å²) < 4.78 is 5.22. The van der Waals surface area contributed by atoms with Crippen LogP contribution in [0.15, 0.2) is 0 Å². The molecule has 0 aromatic heterocycles. The molecule has 0 saturated heterocycles. The Kier molecular flexibility index (Phi) is 10.7. The summed E-state index contributed by atoms with van der Waals surface area (Å²) in [4.78, 5) is 2.46. The summed E-state index contributed by atoms with van der Waals surface area (Å²) in [5.74, 6) is 0.808. The molecule has 3 nitrogen and oxygen atoms in total. The lowest BCUT2D eigenvalue weighted by molar-refractivity contribution is 0.103. The molecule has 2 unspecified atom stereocenters. The van der Waals surface area contributed by atoms with Crippen LogP contribution in [0.2, 0.25) is 0 Å². The SMILES string of the molecule is CCN(CCNC(C)CCC(C)C)C(C)COC. The Hall–Kier alpha value is -0.120. The van der Waals surface area contributed by atoms with Gasteiger partial charge in [0.05, 0.1) is 6.61 Å². The zero-order chi connectivity index (χ0) is 14.0. The fraction of sp³-hybridized carbons (Fsp3) is 1.00. The van der Waals surface area contributed by atoms with Crippen molar-refractivity contribution in [2.45, 2.75) is 59.5 Å². The van der Waals surface area contributed by atoms with Crippen molar-refractivity contribution in [3.63, 3.8) is 0 Å². The lowest BCUT2D eigenvalue weighted by Crippen LogP contribution is -2.42. The summed E-state index contributed by atoms with van der Waals surface area (Å²) >= 11 is 0. The molecule has 18 heavy (non-hydrogen) atoms. The van der Waals surface area contributed by atoms with E-state index in [0.717, 1.165) is 32.2 Å². The van der Waals surface area contributed by atoms with Gasteiger partial charge in [0.1, 0.15) is 0 Å². The molecule has 0 aliphatic carbocycles. The van der Waals surface area contributed by atoms with Crippen LogP contribution in [0.3, 0.4) is 0 Å². The van der Waals surface area contributed by atoms with E-state index in [2.05, 4.69) is 44.8 Å². The lowest BCUT2D eigenvalue weighted by Gasteiger charge is -2.28. The highest BCUT2D eigenvalue weighted by Gasteiger charge is 2.11. The Labute approximate surface area is 114 Å². The molecule has 0 aromatic carbocycles. The molecular formula is C15H34N2O. The summed E-state index contributed by atoms with van der Waals surface area (Å²) in [5, 5.41) is 3.62. The van der Waals surface area contributed by atoms with Gasteiger partial charge < -0.3 is 10.1 Å². The van der Waals surface area contributed by atoms with Crippen LogP contribution >= 0.6 is 0 Å². The van der Waals surface area contributed by atoms with Crippen LogP contribution in [0, 0.1) is 5.92 Å². The van der Waals surface area contributed by atoms with Crippen LogP contribution in [0.5, 0.6) is 0 Å². The minimum atomic E-state index is 0.507. The molecule has 1 N–H and O–H groups in total. The molecule has 0 aromatic rings. The highest BCUT2D eigenvalue weighted by atomic mass is 16.5. The third kappa shape index (κ3) is 8.90. The van der Waals surface area contributed by atoms with E-state index in [1.54, 1.807) is 7.11 Å². The van der Waals surface area contributed by atoms with Gasteiger partial charge in [-0.05, 0) is 39.2 Å². The Bertz CT molecular complexity index is 185. The smallest absolute Gasteiger partial charge is 0.0615 e. The molecule has 0 radical (unpaired) electrons. The van der Waals surface area contributed by atoms with Gasteiger partial charge in [-0.1, -0.05) is 20.8 Å². The maximum absolute atomic E-state index is 5.22. The van der Waals surface area contributed by atoms with E-state index in [1.165, 1.54) is 12.8 Å². The highest BCUT2D eigenvalue weighted by Crippen LogP contribution is 2.06. The van der Waals surface area contributed by atoms with Crippen molar-refractivity contribution in [1.82, 2.24) is 10.2 Å². The molecule has 0 aliphatic rings. The molecule has 110 valence electrons. The van der Waals surface area contributed by atoms with Crippen LogP contribution in [0.4, 0.5) is 0 Å². The van der Waals surface area contributed by atoms with Crippen molar-refractivity contribution in [2.75, 3.05) is 33.4 Å². The molecule has 0 saturated carbocycles. The van der Waals surface area contributed by atoms with E-state index in [-0.39, 0.29) is 0 Å². The number of hydrogen-bond donors (Lipinski definition) is 1. The minimum Gasteiger partial charge on any atom is -0.383 e. The quantitative estimate of drug-likeness (QED) is 0.617. The van der Waals surface area contributed by atoms with E-state index in [4.69, 9.17) is 4.74 Å². The van der Waals surface area contributed by atoms with Gasteiger partial charge in [0.2, 0.25) is 0 Å². The topological polar surface area (TPSA) is 24.5 Å². The van der Waals surface area contributed by atoms with Crippen LogP contribution < -0.4 is 5.32 Å². The molecule has 0 spiro atoms. The molecular weight excluding hydrogens is 224 g/mol. The zero-order valence-corrected chi connectivity index (χ0v) is 13.3. The van der Waals surface area contributed by atoms with Gasteiger partial charge in [-0.15, -0.1) is 0 Å². The molecule has 0 heterocycles. The van der Waals surface area contributed by atoms with Crippen molar-refractivity contribution in [1.29, 1.82) is 0 Å².